The summed E-state index contributed by atoms with van der Waals surface area (Å²) in [6.07, 6.45) is -4.53. The molecule has 0 spiro atoms. The van der Waals surface area contributed by atoms with Crippen molar-refractivity contribution in [2.45, 2.75) is 13.1 Å². The van der Waals surface area contributed by atoms with Crippen LogP contribution >= 0.6 is 0 Å². The second-order valence-corrected chi connectivity index (χ2v) is 6.30. The molecule has 1 aromatic heterocycles. The van der Waals surface area contributed by atoms with Crippen molar-refractivity contribution in [2.75, 3.05) is 0 Å². The van der Waals surface area contributed by atoms with Crippen LogP contribution in [0.1, 0.15) is 22.9 Å². The van der Waals surface area contributed by atoms with Crippen LogP contribution in [0.25, 0.3) is 27.5 Å². The lowest BCUT2D eigenvalue weighted by molar-refractivity contribution is -0.137. The quantitative estimate of drug-likeness (QED) is 0.484. The van der Waals surface area contributed by atoms with Gasteiger partial charge in [-0.1, -0.05) is 12.1 Å². The van der Waals surface area contributed by atoms with Crippen LogP contribution in [0.3, 0.4) is 0 Å². The molecule has 0 saturated heterocycles. The lowest BCUT2D eigenvalue weighted by Gasteiger charge is -2.11. The van der Waals surface area contributed by atoms with E-state index in [0.29, 0.717) is 22.1 Å². The second kappa shape index (κ2) is 5.87. The van der Waals surface area contributed by atoms with Crippen LogP contribution in [0, 0.1) is 6.92 Å². The van der Waals surface area contributed by atoms with Crippen molar-refractivity contribution in [1.29, 1.82) is 0 Å². The van der Waals surface area contributed by atoms with E-state index in [0.717, 1.165) is 23.1 Å². The summed E-state index contributed by atoms with van der Waals surface area (Å²) in [5, 5.41) is 10.8. The second-order valence-electron chi connectivity index (χ2n) is 6.30. The molecule has 0 aliphatic rings. The Hall–Kier alpha value is -3.28. The Labute approximate surface area is 153 Å². The van der Waals surface area contributed by atoms with Gasteiger partial charge in [0.05, 0.1) is 23.5 Å². The number of nitrogens with zero attached hydrogens (tertiary/aromatic N) is 1. The average molecular weight is 370 g/mol. The molecule has 0 radical (unpaired) electrons. The van der Waals surface area contributed by atoms with Crippen molar-refractivity contribution >= 4 is 27.8 Å². The van der Waals surface area contributed by atoms with Crippen LogP contribution in [-0.4, -0.2) is 15.6 Å². The van der Waals surface area contributed by atoms with Gasteiger partial charge in [0.25, 0.3) is 0 Å². The monoisotopic (exact) mass is 370 g/mol. The summed E-state index contributed by atoms with van der Waals surface area (Å²) in [4.78, 5) is 11.4. The molecule has 0 aliphatic carbocycles. The van der Waals surface area contributed by atoms with E-state index in [1.165, 1.54) is 12.1 Å². The number of fused-ring (bicyclic) bond motifs is 3. The SMILES string of the molecule is [2H]c1cc(C(F)(F)F)ccc1-n1c2ccc(C(=O)O)cc2c2c(C)cccc21. The number of halogens is 3. The molecular formula is C21H14F3NO2. The Kier molecular flexibility index (Phi) is 3.47. The molecule has 1 heterocycles. The van der Waals surface area contributed by atoms with E-state index >= 15 is 0 Å². The third kappa shape index (κ3) is 2.73. The van der Waals surface area contributed by atoms with Gasteiger partial charge in [-0.3, -0.25) is 0 Å². The molecule has 3 nitrogen and oxygen atoms in total. The number of rotatable bonds is 2. The topological polar surface area (TPSA) is 42.2 Å². The Morgan fingerprint density at radius 1 is 1.07 bits per heavy atom. The van der Waals surface area contributed by atoms with Crippen LogP contribution in [0.4, 0.5) is 13.2 Å². The molecule has 1 N–H and O–H groups in total. The van der Waals surface area contributed by atoms with Crippen LogP contribution < -0.4 is 0 Å². The van der Waals surface area contributed by atoms with Gasteiger partial charge in [-0.15, -0.1) is 0 Å². The van der Waals surface area contributed by atoms with Crippen LogP contribution in [0.2, 0.25) is 0 Å². The molecule has 0 atom stereocenters. The fourth-order valence-corrected chi connectivity index (χ4v) is 3.37. The van der Waals surface area contributed by atoms with Crippen LogP contribution in [0.15, 0.2) is 60.6 Å². The van der Waals surface area contributed by atoms with Crippen molar-refractivity contribution in [3.63, 3.8) is 0 Å². The van der Waals surface area contributed by atoms with Gasteiger partial charge in [0, 0.05) is 16.5 Å². The summed E-state index contributed by atoms with van der Waals surface area (Å²) in [5.74, 6) is -1.06. The van der Waals surface area contributed by atoms with Crippen LogP contribution in [-0.2, 0) is 6.18 Å². The van der Waals surface area contributed by atoms with Gasteiger partial charge >= 0.3 is 12.1 Å². The summed E-state index contributed by atoms with van der Waals surface area (Å²) in [6.45, 7) is 1.88. The van der Waals surface area contributed by atoms with Crippen molar-refractivity contribution in [3.05, 3.63) is 77.3 Å². The van der Waals surface area contributed by atoms with E-state index in [9.17, 15) is 23.1 Å². The van der Waals surface area contributed by atoms with Crippen molar-refractivity contribution < 1.29 is 24.4 Å². The first-order valence-electron chi connectivity index (χ1n) is 8.64. The minimum Gasteiger partial charge on any atom is -0.478 e. The van der Waals surface area contributed by atoms with Gasteiger partial charge in [-0.2, -0.15) is 13.2 Å². The maximum Gasteiger partial charge on any atom is 0.416 e. The third-order valence-corrected chi connectivity index (χ3v) is 4.61. The molecule has 4 aromatic rings. The molecule has 27 heavy (non-hydrogen) atoms. The van der Waals surface area contributed by atoms with E-state index < -0.39 is 17.7 Å². The molecule has 0 unspecified atom stereocenters. The third-order valence-electron chi connectivity index (χ3n) is 4.61. The van der Waals surface area contributed by atoms with Gasteiger partial charge in [0.2, 0.25) is 0 Å². The highest BCUT2D eigenvalue weighted by atomic mass is 19.4. The molecule has 136 valence electrons. The molecule has 4 rings (SSSR count). The zero-order valence-corrected chi connectivity index (χ0v) is 14.1. The number of aromatic carboxylic acids is 1. The van der Waals surface area contributed by atoms with Crippen LogP contribution in [0.5, 0.6) is 0 Å². The zero-order valence-electron chi connectivity index (χ0n) is 15.1. The first-order chi connectivity index (χ1) is 13.2. The van der Waals surface area contributed by atoms with Crippen molar-refractivity contribution in [1.82, 2.24) is 4.57 Å². The molecule has 0 fully saturated rings. The number of aryl methyl sites for hydroxylation is 1. The maximum absolute atomic E-state index is 13.0. The summed E-state index contributed by atoms with van der Waals surface area (Å²) in [5.41, 5.74) is 1.76. The van der Waals surface area contributed by atoms with Gasteiger partial charge in [-0.25, -0.2) is 4.79 Å². The molecule has 3 aromatic carbocycles. The first kappa shape index (κ1) is 15.9. The first-order valence-corrected chi connectivity index (χ1v) is 8.14. The zero-order chi connectivity index (χ0) is 20.2. The van der Waals surface area contributed by atoms with Gasteiger partial charge in [-0.05, 0) is 61.0 Å². The smallest absolute Gasteiger partial charge is 0.416 e. The Morgan fingerprint density at radius 2 is 1.85 bits per heavy atom. The van der Waals surface area contributed by atoms with E-state index in [-0.39, 0.29) is 11.6 Å². The van der Waals surface area contributed by atoms with Gasteiger partial charge in [0.1, 0.15) is 0 Å². The lowest BCUT2D eigenvalue weighted by Crippen LogP contribution is -2.05. The highest BCUT2D eigenvalue weighted by Gasteiger charge is 2.30. The normalized spacial score (nSPS) is 12.5. The molecular weight excluding hydrogens is 355 g/mol. The van der Waals surface area contributed by atoms with E-state index in [1.54, 1.807) is 22.8 Å². The van der Waals surface area contributed by atoms with Crippen molar-refractivity contribution in [3.8, 4) is 5.69 Å². The summed E-state index contributed by atoms with van der Waals surface area (Å²) in [7, 11) is 0. The number of hydrogen-bond acceptors (Lipinski definition) is 1. The molecule has 0 bridgehead atoms. The Balaban J connectivity index is 2.09. The predicted molar refractivity (Wildman–Crippen MR) is 97.5 cm³/mol. The number of carboxylic acids is 1. The minimum atomic E-state index is -4.53. The largest absolute Gasteiger partial charge is 0.478 e. The maximum atomic E-state index is 13.0. The number of carboxylic acid groups (broad SMARTS) is 1. The number of hydrogen-bond donors (Lipinski definition) is 1. The van der Waals surface area contributed by atoms with Gasteiger partial charge in [0.15, 0.2) is 0 Å². The van der Waals surface area contributed by atoms with E-state index in [4.69, 9.17) is 1.37 Å². The summed E-state index contributed by atoms with van der Waals surface area (Å²) < 4.78 is 48.8. The van der Waals surface area contributed by atoms with Gasteiger partial charge < -0.3 is 9.67 Å². The Bertz CT molecular complexity index is 1260. The lowest BCUT2D eigenvalue weighted by atomic mass is 10.1. The fourth-order valence-electron chi connectivity index (χ4n) is 3.37. The highest BCUT2D eigenvalue weighted by molar-refractivity contribution is 6.12. The van der Waals surface area contributed by atoms with Crippen molar-refractivity contribution in [2.24, 2.45) is 0 Å². The summed E-state index contributed by atoms with van der Waals surface area (Å²) in [6, 6.07) is 12.9. The predicted octanol–water partition coefficient (Wildman–Crippen LogP) is 5.81. The molecule has 0 amide bonds. The fraction of sp³-hybridized carbons (Fsp3) is 0.0952. The summed E-state index contributed by atoms with van der Waals surface area (Å²) >= 11 is 0. The number of aromatic nitrogens is 1. The van der Waals surface area contributed by atoms with E-state index in [1.807, 2.05) is 19.1 Å². The number of benzene rings is 3. The number of alkyl halides is 3. The Morgan fingerprint density at radius 3 is 2.52 bits per heavy atom. The average Bonchev–Trinajstić information content (AvgIpc) is 2.95. The highest BCUT2D eigenvalue weighted by Crippen LogP contribution is 2.36. The standard InChI is InChI=1S/C21H14F3NO2/c1-12-3-2-4-18-19(12)16-11-13(20(26)27)5-10-17(16)25(18)15-8-6-14(7-9-15)21(22,23)24/h2-11H,1H3,(H,26,27)/i8D. The number of carbonyl (C=O) groups is 1. The molecule has 0 saturated carbocycles. The molecule has 6 heteroatoms. The minimum absolute atomic E-state index is 0.119. The van der Waals surface area contributed by atoms with E-state index in [2.05, 4.69) is 0 Å². The molecule has 0 aliphatic heterocycles.